The second kappa shape index (κ2) is 8.09. The van der Waals surface area contributed by atoms with Crippen LogP contribution in [0.25, 0.3) is 11.4 Å². The van der Waals surface area contributed by atoms with Crippen LogP contribution in [-0.4, -0.2) is 31.9 Å². The van der Waals surface area contributed by atoms with Gasteiger partial charge in [0.2, 0.25) is 5.91 Å². The minimum absolute atomic E-state index is 0.222. The van der Waals surface area contributed by atoms with Gasteiger partial charge >= 0.3 is 6.03 Å². The first kappa shape index (κ1) is 18.1. The molecule has 0 radical (unpaired) electrons. The highest BCUT2D eigenvalue weighted by molar-refractivity contribution is 6.00. The summed E-state index contributed by atoms with van der Waals surface area (Å²) in [7, 11) is 0. The molecule has 0 aliphatic heterocycles. The number of urea groups is 1. The lowest BCUT2D eigenvalue weighted by Gasteiger charge is -2.08. The Labute approximate surface area is 155 Å². The number of pyridine rings is 2. The van der Waals surface area contributed by atoms with Gasteiger partial charge in [-0.3, -0.25) is 20.4 Å². The van der Waals surface area contributed by atoms with Gasteiger partial charge in [0.15, 0.2) is 0 Å². The molecule has 0 saturated carbocycles. The fourth-order valence-electron chi connectivity index (χ4n) is 2.18. The molecular weight excluding hydrogens is 348 g/mol. The van der Waals surface area contributed by atoms with Gasteiger partial charge < -0.3 is 9.72 Å². The quantitative estimate of drug-likeness (QED) is 0.638. The molecule has 3 amide bonds. The van der Waals surface area contributed by atoms with E-state index >= 15 is 0 Å². The number of hydrogen-bond donors (Lipinski definition) is 3. The zero-order valence-electron chi connectivity index (χ0n) is 14.8. The first-order valence-electron chi connectivity index (χ1n) is 8.26. The van der Waals surface area contributed by atoms with E-state index in [1.807, 2.05) is 6.92 Å². The zero-order valence-corrected chi connectivity index (χ0v) is 14.8. The molecule has 3 rings (SSSR count). The van der Waals surface area contributed by atoms with Gasteiger partial charge in [0.05, 0.1) is 11.9 Å². The van der Waals surface area contributed by atoms with Crippen molar-refractivity contribution in [1.29, 1.82) is 0 Å². The van der Waals surface area contributed by atoms with Crippen molar-refractivity contribution in [3.05, 3.63) is 48.7 Å². The van der Waals surface area contributed by atoms with E-state index in [9.17, 15) is 9.59 Å². The van der Waals surface area contributed by atoms with E-state index in [4.69, 9.17) is 4.74 Å². The topological polar surface area (TPSA) is 122 Å². The summed E-state index contributed by atoms with van der Waals surface area (Å²) >= 11 is 0. The largest absolute Gasteiger partial charge is 0.456 e. The molecule has 0 aliphatic carbocycles. The number of aryl methyl sites for hydroxylation is 1. The number of H-pyrrole nitrogens is 1. The van der Waals surface area contributed by atoms with Crippen molar-refractivity contribution in [1.82, 2.24) is 25.3 Å². The van der Waals surface area contributed by atoms with Crippen molar-refractivity contribution >= 4 is 17.8 Å². The molecule has 0 aliphatic rings. The average molecular weight is 366 g/mol. The lowest BCUT2D eigenvalue weighted by molar-refractivity contribution is -0.119. The van der Waals surface area contributed by atoms with Crippen LogP contribution >= 0.6 is 0 Å². The van der Waals surface area contributed by atoms with Gasteiger partial charge in [-0.05, 0) is 25.1 Å². The number of carbonyl (C=O) groups is 2. The predicted octanol–water partition coefficient (Wildman–Crippen LogP) is 3.03. The molecular formula is C18H18N6O3. The molecule has 3 aromatic heterocycles. The molecule has 3 N–H and O–H groups in total. The Balaban J connectivity index is 1.65. The van der Waals surface area contributed by atoms with Gasteiger partial charge in [-0.15, -0.1) is 0 Å². The standard InChI is InChI=1S/C18H18N6O3/c1-3-17(25)24-18(26)23-16-5-4-13(9-21-16)27-12-6-7-19-14(8-12)15-10-20-11(2)22-15/h4-10H,3H2,1-2H3,(H,20,22)(H2,21,23,24,25,26). The summed E-state index contributed by atoms with van der Waals surface area (Å²) in [6, 6.07) is 6.09. The lowest BCUT2D eigenvalue weighted by atomic mass is 10.3. The number of carbonyl (C=O) groups excluding carboxylic acids is 2. The van der Waals surface area contributed by atoms with E-state index in [-0.39, 0.29) is 12.3 Å². The number of nitrogens with one attached hydrogen (secondary N) is 3. The highest BCUT2D eigenvalue weighted by atomic mass is 16.5. The normalized spacial score (nSPS) is 10.3. The van der Waals surface area contributed by atoms with Gasteiger partial charge in [0.25, 0.3) is 0 Å². The van der Waals surface area contributed by atoms with Crippen LogP contribution in [0.4, 0.5) is 10.6 Å². The zero-order chi connectivity index (χ0) is 19.2. The number of ether oxygens (including phenoxy) is 1. The summed E-state index contributed by atoms with van der Waals surface area (Å²) in [5.74, 6) is 1.80. The number of imidazole rings is 1. The molecule has 0 aromatic carbocycles. The Morgan fingerprint density at radius 3 is 2.67 bits per heavy atom. The molecule has 3 aromatic rings. The molecule has 9 nitrogen and oxygen atoms in total. The van der Waals surface area contributed by atoms with Crippen LogP contribution in [0.5, 0.6) is 11.5 Å². The summed E-state index contributed by atoms with van der Waals surface area (Å²) in [5, 5.41) is 4.65. The first-order valence-corrected chi connectivity index (χ1v) is 8.26. The van der Waals surface area contributed by atoms with Crippen LogP contribution in [0.3, 0.4) is 0 Å². The molecule has 0 bridgehead atoms. The van der Waals surface area contributed by atoms with E-state index in [0.29, 0.717) is 23.0 Å². The Bertz CT molecular complexity index is 952. The summed E-state index contributed by atoms with van der Waals surface area (Å²) < 4.78 is 5.77. The smallest absolute Gasteiger partial charge is 0.327 e. The van der Waals surface area contributed by atoms with Crippen LogP contribution in [-0.2, 0) is 4.79 Å². The number of imide groups is 1. The van der Waals surface area contributed by atoms with Crippen molar-refractivity contribution in [2.24, 2.45) is 0 Å². The van der Waals surface area contributed by atoms with Crippen molar-refractivity contribution in [2.45, 2.75) is 20.3 Å². The highest BCUT2D eigenvalue weighted by Crippen LogP contribution is 2.25. The second-order valence-electron chi connectivity index (χ2n) is 5.58. The molecule has 0 fully saturated rings. The van der Waals surface area contributed by atoms with E-state index in [1.54, 1.807) is 43.6 Å². The van der Waals surface area contributed by atoms with Gasteiger partial charge in [-0.25, -0.2) is 14.8 Å². The summed E-state index contributed by atoms with van der Waals surface area (Å²) in [6.45, 7) is 3.52. The third-order valence-electron chi connectivity index (χ3n) is 3.49. The third kappa shape index (κ3) is 4.88. The molecule has 9 heteroatoms. The van der Waals surface area contributed by atoms with Crippen molar-refractivity contribution in [3.8, 4) is 22.9 Å². The number of amides is 3. The van der Waals surface area contributed by atoms with Crippen LogP contribution in [0.2, 0.25) is 0 Å². The molecule has 0 saturated heterocycles. The monoisotopic (exact) mass is 366 g/mol. The molecule has 138 valence electrons. The van der Waals surface area contributed by atoms with Gasteiger partial charge in [0, 0.05) is 24.9 Å². The fourth-order valence-corrected chi connectivity index (χ4v) is 2.18. The minimum atomic E-state index is -0.629. The van der Waals surface area contributed by atoms with E-state index in [1.165, 1.54) is 6.20 Å². The van der Waals surface area contributed by atoms with Gasteiger partial charge in [-0.2, -0.15) is 0 Å². The maximum Gasteiger partial charge on any atom is 0.327 e. The predicted molar refractivity (Wildman–Crippen MR) is 98.3 cm³/mol. The van der Waals surface area contributed by atoms with Crippen LogP contribution in [0, 0.1) is 6.92 Å². The van der Waals surface area contributed by atoms with Crippen molar-refractivity contribution in [3.63, 3.8) is 0 Å². The number of anilines is 1. The molecule has 0 atom stereocenters. The fraction of sp³-hybridized carbons (Fsp3) is 0.167. The molecule has 3 heterocycles. The second-order valence-corrected chi connectivity index (χ2v) is 5.58. The van der Waals surface area contributed by atoms with E-state index in [2.05, 4.69) is 30.6 Å². The first-order chi connectivity index (χ1) is 13.0. The Morgan fingerprint density at radius 1 is 1.15 bits per heavy atom. The number of aromatic nitrogens is 4. The summed E-state index contributed by atoms with van der Waals surface area (Å²) in [6.07, 6.45) is 5.10. The number of nitrogens with zero attached hydrogens (tertiary/aromatic N) is 3. The molecule has 27 heavy (non-hydrogen) atoms. The van der Waals surface area contributed by atoms with Gasteiger partial charge in [0.1, 0.15) is 28.8 Å². The molecule has 0 unspecified atom stereocenters. The van der Waals surface area contributed by atoms with Crippen molar-refractivity contribution < 1.29 is 14.3 Å². The minimum Gasteiger partial charge on any atom is -0.456 e. The van der Waals surface area contributed by atoms with E-state index in [0.717, 1.165) is 11.5 Å². The number of hydrogen-bond acceptors (Lipinski definition) is 6. The molecule has 0 spiro atoms. The van der Waals surface area contributed by atoms with Gasteiger partial charge in [-0.1, -0.05) is 6.92 Å². The average Bonchev–Trinajstić information content (AvgIpc) is 3.10. The van der Waals surface area contributed by atoms with Crippen molar-refractivity contribution in [2.75, 3.05) is 5.32 Å². The van der Waals surface area contributed by atoms with E-state index < -0.39 is 6.03 Å². The maximum atomic E-state index is 11.6. The number of rotatable bonds is 5. The third-order valence-corrected chi connectivity index (χ3v) is 3.49. The Hall–Kier alpha value is -3.75. The van der Waals surface area contributed by atoms with Crippen LogP contribution in [0.15, 0.2) is 42.9 Å². The summed E-state index contributed by atoms with van der Waals surface area (Å²) in [5.41, 5.74) is 1.41. The number of aromatic amines is 1. The maximum absolute atomic E-state index is 11.6. The Kier molecular flexibility index (Phi) is 5.41. The van der Waals surface area contributed by atoms with Crippen LogP contribution in [0.1, 0.15) is 19.2 Å². The van der Waals surface area contributed by atoms with Crippen LogP contribution < -0.4 is 15.4 Å². The summed E-state index contributed by atoms with van der Waals surface area (Å²) in [4.78, 5) is 38.5. The highest BCUT2D eigenvalue weighted by Gasteiger charge is 2.08. The Morgan fingerprint density at radius 2 is 2.00 bits per heavy atom. The lowest BCUT2D eigenvalue weighted by Crippen LogP contribution is -2.33. The SMILES string of the molecule is CCC(=O)NC(=O)Nc1ccc(Oc2ccnc(-c3c[nH]c(C)n3)c2)cn1.